The molecule has 104 heavy (non-hydrogen) atoms. The Labute approximate surface area is 608 Å². The summed E-state index contributed by atoms with van der Waals surface area (Å²) in [7, 11) is -26.1. The van der Waals surface area contributed by atoms with E-state index in [4.69, 9.17) is 19.7 Å². The number of anilines is 4. The molecule has 6 bridgehead atoms. The molecule has 3 aliphatic carbocycles. The SMILES string of the molecule is CN(C)c1nc(NCCNS(=O)(=O)C2CCC3C(C2)C2NC4C5CCC(S(=O)(=O)CCCS(=O)(=O)NCCOCCO)CC5C5NC6NC(NC7NC(NC3N2NN54)C2CC(S(=O)(=O)CCCS(=O)(=O)NCCOCCO)CCC72)C2NCCCC62)nc(Nc2cc(S(=O)(=O)O)ccc2S(=O)(=O)O)n1. The maximum absolute atomic E-state index is 14.8. The lowest BCUT2D eigenvalue weighted by molar-refractivity contribution is -0.132. The Morgan fingerprint density at radius 3 is 1.62 bits per heavy atom. The first-order valence-electron chi connectivity index (χ1n) is 35.6. The number of nitrogens with zero attached hydrogens (tertiary/aromatic N) is 6. The molecule has 8 heterocycles. The number of aliphatic hydroxyl groups is 2. The average Bonchev–Trinajstić information content (AvgIpc) is 1.55. The summed E-state index contributed by atoms with van der Waals surface area (Å²) in [5.41, 5.74) is 3.40. The van der Waals surface area contributed by atoms with Crippen LogP contribution in [0.4, 0.5) is 23.5 Å². The lowest BCUT2D eigenvalue weighted by Crippen LogP contribution is -2.75. The van der Waals surface area contributed by atoms with Crippen molar-refractivity contribution in [2.45, 2.75) is 164 Å². The van der Waals surface area contributed by atoms with E-state index in [0.717, 1.165) is 37.6 Å². The van der Waals surface area contributed by atoms with Crippen LogP contribution >= 0.6 is 0 Å². The number of sulfone groups is 2. The summed E-state index contributed by atoms with van der Waals surface area (Å²) in [6, 6.07) is 2.28. The van der Waals surface area contributed by atoms with E-state index in [1.54, 1.807) is 14.1 Å². The van der Waals surface area contributed by atoms with E-state index in [1.807, 2.05) is 0 Å². The van der Waals surface area contributed by atoms with E-state index in [9.17, 15) is 68.0 Å². The smallest absolute Gasteiger partial charge is 0.296 e. The van der Waals surface area contributed by atoms with E-state index < -0.39 is 144 Å². The Bertz CT molecular complexity index is 4190. The highest BCUT2D eigenvalue weighted by atomic mass is 32.2. The molecule has 19 unspecified atom stereocenters. The molecular weight excluding hydrogens is 1510 g/mol. The van der Waals surface area contributed by atoms with Crippen LogP contribution in [0.3, 0.4) is 0 Å². The van der Waals surface area contributed by atoms with Crippen molar-refractivity contribution < 1.29 is 87.7 Å². The van der Waals surface area contributed by atoms with Crippen molar-refractivity contribution in [2.24, 2.45) is 41.4 Å². The fourth-order valence-electron chi connectivity index (χ4n) is 17.7. The number of aromatic nitrogens is 3. The number of piperidine rings is 1. The second kappa shape index (κ2) is 32.8. The monoisotopic (exact) mass is 1610 g/mol. The van der Waals surface area contributed by atoms with Gasteiger partial charge in [-0.1, -0.05) is 0 Å². The van der Waals surface area contributed by atoms with Gasteiger partial charge in [-0.3, -0.25) is 41.0 Å². The molecule has 0 radical (unpaired) electrons. The third kappa shape index (κ3) is 18.4. The van der Waals surface area contributed by atoms with Crippen molar-refractivity contribution in [3.63, 3.8) is 0 Å². The molecule has 17 N–H and O–H groups in total. The molecule has 1 aromatic heterocycles. The average molecular weight is 1610 g/mol. The molecule has 3 saturated carbocycles. The van der Waals surface area contributed by atoms with Crippen LogP contribution in [0.2, 0.25) is 0 Å². The molecule has 1 aromatic carbocycles. The number of fused-ring (bicyclic) bond motifs is 16. The molecule has 0 spiro atoms. The summed E-state index contributed by atoms with van der Waals surface area (Å²) in [6.45, 7) is 0.225. The maximum atomic E-state index is 14.8. The number of sulfonamides is 3. The zero-order valence-corrected chi connectivity index (χ0v) is 63.6. The molecule has 10 aliphatic rings. The first-order chi connectivity index (χ1) is 49.2. The van der Waals surface area contributed by atoms with E-state index >= 15 is 0 Å². The lowest BCUT2D eigenvalue weighted by Gasteiger charge is -2.48. The van der Waals surface area contributed by atoms with Gasteiger partial charge in [0.1, 0.15) is 4.90 Å². The first-order valence-corrected chi connectivity index (χ1v) is 46.8. The van der Waals surface area contributed by atoms with Gasteiger partial charge >= 0.3 is 0 Å². The number of benzene rings is 1. The lowest BCUT2D eigenvalue weighted by atomic mass is 9.76. The molecule has 590 valence electrons. The minimum absolute atomic E-state index is 0.0283. The standard InChI is InChI=1S/C58H101N19O20S7/c1-75(2)58-72-56(71-57(73-58)64-45-33-37(103(90,91)92)10-14-46(45)104(93,94)95)60-16-17-63-102(88,89)36-9-13-39-44(32-36)55-70-53-40-12-8-35(99(82,83)27-5-29-101(86,87)62-19-23-97-25-21-79)31-43(40)54-68-49-41-6-3-15-59-47(41)51(67-49)66-48-38-11-7-34(30-42(38)50(65-48)69-52(39)76(55)74-77(53)54)98(80,81)26-4-28-100(84,85)61-18-22-96-24-20-78/h10,14,33-36,38-44,47-55,59,61-63,65-70,74,78-79H,3-9,11-13,15-32H2,1-2H3,(H,90,91,92)(H,93,94,95)(H2,60,64,71,72,73). The van der Waals surface area contributed by atoms with E-state index in [1.165, 1.54) is 4.90 Å². The van der Waals surface area contributed by atoms with Gasteiger partial charge < -0.3 is 40.5 Å². The molecule has 19 atom stereocenters. The Morgan fingerprint density at radius 1 is 0.519 bits per heavy atom. The van der Waals surface area contributed by atoms with E-state index in [-0.39, 0.29) is 200 Å². The van der Waals surface area contributed by atoms with E-state index in [0.29, 0.717) is 32.1 Å². The predicted molar refractivity (Wildman–Crippen MR) is 379 cm³/mol. The van der Waals surface area contributed by atoms with Gasteiger partial charge in [0.05, 0.1) is 138 Å². The van der Waals surface area contributed by atoms with Gasteiger partial charge in [-0.05, 0) is 144 Å². The number of ether oxygens (including phenoxy) is 2. The van der Waals surface area contributed by atoms with Crippen molar-refractivity contribution in [1.29, 1.82) is 0 Å². The fourth-order valence-corrected chi connectivity index (χ4v) is 26.6. The minimum Gasteiger partial charge on any atom is -0.394 e. The highest BCUT2D eigenvalue weighted by molar-refractivity contribution is 7.92. The van der Waals surface area contributed by atoms with Gasteiger partial charge in [0.25, 0.3) is 20.2 Å². The number of aliphatic hydroxyl groups excluding tert-OH is 2. The van der Waals surface area contributed by atoms with Crippen LogP contribution in [0.5, 0.6) is 0 Å². The van der Waals surface area contributed by atoms with Gasteiger partial charge in [0, 0.05) is 52.2 Å². The summed E-state index contributed by atoms with van der Waals surface area (Å²) in [5, 5.41) is 53.2. The summed E-state index contributed by atoms with van der Waals surface area (Å²) in [5.74, 6) is -3.06. The van der Waals surface area contributed by atoms with Gasteiger partial charge in [0.15, 0.2) is 19.7 Å². The molecule has 7 aliphatic heterocycles. The van der Waals surface area contributed by atoms with Crippen LogP contribution < -0.4 is 72.5 Å². The van der Waals surface area contributed by atoms with Crippen LogP contribution in [0.1, 0.15) is 83.5 Å². The van der Waals surface area contributed by atoms with Gasteiger partial charge in [-0.15, -0.1) is 0 Å². The molecule has 2 aromatic rings. The molecule has 0 amide bonds. The van der Waals surface area contributed by atoms with Crippen molar-refractivity contribution in [1.82, 2.24) is 81.9 Å². The van der Waals surface area contributed by atoms with Crippen molar-refractivity contribution in [3.8, 4) is 0 Å². The van der Waals surface area contributed by atoms with Crippen LogP contribution in [0.25, 0.3) is 0 Å². The summed E-state index contributed by atoms with van der Waals surface area (Å²) in [6.07, 6.45) is 1.46. The third-order valence-electron chi connectivity index (χ3n) is 22.3. The first kappa shape index (κ1) is 80.1. The van der Waals surface area contributed by atoms with Crippen molar-refractivity contribution >= 4 is 93.5 Å². The maximum Gasteiger partial charge on any atom is 0.296 e. The molecule has 7 saturated heterocycles. The molecule has 39 nitrogen and oxygen atoms in total. The zero-order chi connectivity index (χ0) is 74.3. The Morgan fingerprint density at radius 2 is 1.04 bits per heavy atom. The number of nitrogens with one attached hydrogen (secondary N) is 13. The van der Waals surface area contributed by atoms with Gasteiger partial charge in [-0.25, -0.2) is 56.3 Å². The van der Waals surface area contributed by atoms with Crippen LogP contribution in [-0.4, -0.2) is 284 Å². The summed E-state index contributed by atoms with van der Waals surface area (Å²) in [4.78, 5) is 13.0. The topological polar surface area (TPSA) is 543 Å². The second-order valence-corrected chi connectivity index (χ2v) is 42.5. The summed E-state index contributed by atoms with van der Waals surface area (Å²) >= 11 is 0. The number of hydrogen-bond donors (Lipinski definition) is 17. The second-order valence-electron chi connectivity index (χ2n) is 29.0. The quantitative estimate of drug-likeness (QED) is 0.0235. The van der Waals surface area contributed by atoms with Crippen LogP contribution in [0, 0.1) is 41.4 Å². The normalized spacial score (nSPS) is 33.3. The Balaban J connectivity index is 0.796. The van der Waals surface area contributed by atoms with Crippen molar-refractivity contribution in [2.75, 3.05) is 125 Å². The van der Waals surface area contributed by atoms with Crippen LogP contribution in [0.15, 0.2) is 28.0 Å². The zero-order valence-electron chi connectivity index (χ0n) is 57.9. The highest BCUT2D eigenvalue weighted by Crippen LogP contribution is 2.52. The Kier molecular flexibility index (Phi) is 25.3. The van der Waals surface area contributed by atoms with Gasteiger partial charge in [0.2, 0.25) is 47.9 Å². The van der Waals surface area contributed by atoms with Crippen LogP contribution in [-0.2, 0) is 79.5 Å². The number of hydrogen-bond acceptors (Lipinski definition) is 34. The fraction of sp³-hybridized carbons (Fsp3) is 0.845. The number of hydrazine groups is 2. The van der Waals surface area contributed by atoms with Gasteiger partial charge in [-0.2, -0.15) is 47.3 Å². The molecule has 10 fully saturated rings. The molecule has 46 heteroatoms. The minimum atomic E-state index is -4.96. The molecular formula is C58H101N19O20S7. The highest BCUT2D eigenvalue weighted by Gasteiger charge is 2.64. The number of rotatable bonds is 33. The Hall–Kier alpha value is -3.48. The van der Waals surface area contributed by atoms with Crippen molar-refractivity contribution in [3.05, 3.63) is 18.2 Å². The predicted octanol–water partition coefficient (Wildman–Crippen LogP) is -5.05. The largest absolute Gasteiger partial charge is 0.394 e. The van der Waals surface area contributed by atoms with E-state index in [2.05, 4.69) is 92.5 Å². The summed E-state index contributed by atoms with van der Waals surface area (Å²) < 4.78 is 226. The third-order valence-corrected chi connectivity index (χ3v) is 33.6. The molecule has 12 rings (SSSR count).